The van der Waals surface area contributed by atoms with Crippen molar-refractivity contribution in [3.63, 3.8) is 0 Å². The number of hydrogen-bond acceptors (Lipinski definition) is 3. The van der Waals surface area contributed by atoms with E-state index in [0.29, 0.717) is 6.54 Å². The maximum Gasteiger partial charge on any atom is 0.242 e. The lowest BCUT2D eigenvalue weighted by atomic mass is 10.0. The van der Waals surface area contributed by atoms with Gasteiger partial charge in [0.25, 0.3) is 0 Å². The zero-order valence-corrected chi connectivity index (χ0v) is 13.0. The van der Waals surface area contributed by atoms with E-state index < -0.39 is 10.0 Å². The molecule has 1 aliphatic heterocycles. The third-order valence-corrected chi connectivity index (χ3v) is 5.36. The van der Waals surface area contributed by atoms with E-state index in [0.717, 1.165) is 36.9 Å². The molecule has 6 heteroatoms. The Kier molecular flexibility index (Phi) is 3.75. The van der Waals surface area contributed by atoms with Crippen LogP contribution in [0.2, 0.25) is 0 Å². The predicted molar refractivity (Wildman–Crippen MR) is 81.7 cm³/mol. The zero-order chi connectivity index (χ0) is 15.0. The number of aryl methyl sites for hydroxylation is 1. The third kappa shape index (κ3) is 3.11. The summed E-state index contributed by atoms with van der Waals surface area (Å²) >= 11 is 0. The van der Waals surface area contributed by atoms with E-state index in [1.165, 1.54) is 10.6 Å². The minimum atomic E-state index is -3.33. The van der Waals surface area contributed by atoms with Crippen LogP contribution in [0.5, 0.6) is 0 Å². The number of nitrogens with zero attached hydrogens (tertiary/aromatic N) is 2. The van der Waals surface area contributed by atoms with Crippen molar-refractivity contribution in [1.29, 1.82) is 0 Å². The van der Waals surface area contributed by atoms with Gasteiger partial charge in [-0.2, -0.15) is 4.31 Å². The lowest BCUT2D eigenvalue weighted by molar-refractivity contribution is -0.119. The first kappa shape index (κ1) is 14.5. The van der Waals surface area contributed by atoms with Crippen LogP contribution in [0.4, 0.5) is 5.69 Å². The second-order valence-electron chi connectivity index (χ2n) is 5.82. The number of anilines is 1. The molecule has 1 amide bonds. The maximum absolute atomic E-state index is 12.6. The van der Waals surface area contributed by atoms with Crippen LogP contribution in [0, 0.1) is 0 Å². The second-order valence-corrected chi connectivity index (χ2v) is 7.75. The molecule has 0 bridgehead atoms. The van der Waals surface area contributed by atoms with E-state index in [2.05, 4.69) is 0 Å². The molecule has 0 saturated heterocycles. The molecule has 0 atom stereocenters. The molecule has 1 saturated carbocycles. The number of carbonyl (C=O) groups excluding carboxylic acids is 1. The number of carbonyl (C=O) groups is 1. The van der Waals surface area contributed by atoms with Crippen LogP contribution in [0.25, 0.3) is 0 Å². The Morgan fingerprint density at radius 3 is 2.71 bits per heavy atom. The second kappa shape index (κ2) is 5.42. The topological polar surface area (TPSA) is 57.7 Å². The fourth-order valence-electron chi connectivity index (χ4n) is 2.89. The van der Waals surface area contributed by atoms with E-state index in [1.807, 2.05) is 24.3 Å². The summed E-state index contributed by atoms with van der Waals surface area (Å²) in [4.78, 5) is 14.3. The number of para-hydroxylation sites is 1. The minimum absolute atomic E-state index is 0.0176. The Morgan fingerprint density at radius 1 is 1.33 bits per heavy atom. The highest BCUT2D eigenvalue weighted by molar-refractivity contribution is 7.88. The van der Waals surface area contributed by atoms with Crippen molar-refractivity contribution in [3.05, 3.63) is 29.8 Å². The standard InChI is InChI=1S/C15H20N2O3S/c1-21(19,20)17(13-8-9-13)11-15(18)16-10-4-6-12-5-2-3-7-14(12)16/h2-3,5,7,13H,4,6,8-11H2,1H3. The number of fused-ring (bicyclic) bond motifs is 1. The van der Waals surface area contributed by atoms with Gasteiger partial charge in [-0.3, -0.25) is 4.79 Å². The minimum Gasteiger partial charge on any atom is -0.311 e. The summed E-state index contributed by atoms with van der Waals surface area (Å²) in [5.74, 6) is -0.125. The largest absolute Gasteiger partial charge is 0.311 e. The van der Waals surface area contributed by atoms with Crippen LogP contribution in [-0.2, 0) is 21.2 Å². The first-order chi connectivity index (χ1) is 9.97. The molecule has 0 radical (unpaired) electrons. The Hall–Kier alpha value is -1.40. The first-order valence-electron chi connectivity index (χ1n) is 7.32. The highest BCUT2D eigenvalue weighted by atomic mass is 32.2. The fourth-order valence-corrected chi connectivity index (χ4v) is 3.99. The van der Waals surface area contributed by atoms with Crippen LogP contribution in [-0.4, -0.2) is 44.0 Å². The molecule has 1 aromatic rings. The van der Waals surface area contributed by atoms with Crippen molar-refractivity contribution in [1.82, 2.24) is 4.31 Å². The van der Waals surface area contributed by atoms with E-state index in [4.69, 9.17) is 0 Å². The molecule has 114 valence electrons. The van der Waals surface area contributed by atoms with Crippen LogP contribution < -0.4 is 4.90 Å². The third-order valence-electron chi connectivity index (χ3n) is 4.08. The van der Waals surface area contributed by atoms with Gasteiger partial charge in [0, 0.05) is 18.3 Å². The molecule has 21 heavy (non-hydrogen) atoms. The molecule has 2 aliphatic rings. The van der Waals surface area contributed by atoms with Gasteiger partial charge >= 0.3 is 0 Å². The average molecular weight is 308 g/mol. The van der Waals surface area contributed by atoms with E-state index in [-0.39, 0.29) is 18.5 Å². The van der Waals surface area contributed by atoms with E-state index >= 15 is 0 Å². The number of benzene rings is 1. The molecule has 0 N–H and O–H groups in total. The Bertz CT molecular complexity index is 653. The summed E-state index contributed by atoms with van der Waals surface area (Å²) < 4.78 is 25.0. The first-order valence-corrected chi connectivity index (χ1v) is 9.17. The van der Waals surface area contributed by atoms with Gasteiger partial charge in [-0.1, -0.05) is 18.2 Å². The van der Waals surface area contributed by atoms with Crippen molar-refractivity contribution < 1.29 is 13.2 Å². The van der Waals surface area contributed by atoms with Crippen molar-refractivity contribution in [3.8, 4) is 0 Å². The van der Waals surface area contributed by atoms with Gasteiger partial charge in [0.15, 0.2) is 0 Å². The molecule has 0 spiro atoms. The fraction of sp³-hybridized carbons (Fsp3) is 0.533. The predicted octanol–water partition coefficient (Wildman–Crippen LogP) is 1.39. The zero-order valence-electron chi connectivity index (χ0n) is 12.2. The molecular formula is C15H20N2O3S. The normalized spacial score (nSPS) is 18.7. The molecule has 1 fully saturated rings. The molecular weight excluding hydrogens is 288 g/mol. The molecule has 1 aliphatic carbocycles. The summed E-state index contributed by atoms with van der Waals surface area (Å²) in [5.41, 5.74) is 2.09. The smallest absolute Gasteiger partial charge is 0.242 e. The van der Waals surface area contributed by atoms with Crippen LogP contribution in [0.15, 0.2) is 24.3 Å². The maximum atomic E-state index is 12.6. The van der Waals surface area contributed by atoms with Gasteiger partial charge in [-0.15, -0.1) is 0 Å². The van der Waals surface area contributed by atoms with Gasteiger partial charge in [-0.25, -0.2) is 8.42 Å². The van der Waals surface area contributed by atoms with Gasteiger partial charge < -0.3 is 4.90 Å². The van der Waals surface area contributed by atoms with Crippen LogP contribution in [0.1, 0.15) is 24.8 Å². The van der Waals surface area contributed by atoms with Crippen LogP contribution in [0.3, 0.4) is 0 Å². The molecule has 0 aromatic heterocycles. The Balaban J connectivity index is 1.80. The average Bonchev–Trinajstić information content (AvgIpc) is 3.27. The molecule has 1 aromatic carbocycles. The highest BCUT2D eigenvalue weighted by Crippen LogP contribution is 2.30. The highest BCUT2D eigenvalue weighted by Gasteiger charge is 2.37. The monoisotopic (exact) mass is 308 g/mol. The SMILES string of the molecule is CS(=O)(=O)N(CC(=O)N1CCCc2ccccc21)C1CC1. The molecule has 5 nitrogen and oxygen atoms in total. The van der Waals surface area contributed by atoms with E-state index in [9.17, 15) is 13.2 Å². The van der Waals surface area contributed by atoms with Crippen LogP contribution >= 0.6 is 0 Å². The van der Waals surface area contributed by atoms with Crippen molar-refractivity contribution >= 4 is 21.6 Å². The molecule has 3 rings (SSSR count). The van der Waals surface area contributed by atoms with Gasteiger partial charge in [0.2, 0.25) is 15.9 Å². The summed E-state index contributed by atoms with van der Waals surface area (Å²) in [6.45, 7) is 0.621. The quantitative estimate of drug-likeness (QED) is 0.844. The summed E-state index contributed by atoms with van der Waals surface area (Å²) in [5, 5.41) is 0. The molecule has 1 heterocycles. The lowest BCUT2D eigenvalue weighted by Gasteiger charge is -2.31. The van der Waals surface area contributed by atoms with Gasteiger partial charge in [-0.05, 0) is 37.3 Å². The summed E-state index contributed by atoms with van der Waals surface area (Å²) in [6, 6.07) is 7.88. The van der Waals surface area contributed by atoms with Crippen molar-refractivity contribution in [2.75, 3.05) is 24.2 Å². The van der Waals surface area contributed by atoms with Crippen molar-refractivity contribution in [2.24, 2.45) is 0 Å². The van der Waals surface area contributed by atoms with Gasteiger partial charge in [0.1, 0.15) is 0 Å². The van der Waals surface area contributed by atoms with Gasteiger partial charge in [0.05, 0.1) is 12.8 Å². The van der Waals surface area contributed by atoms with E-state index in [1.54, 1.807) is 4.90 Å². The number of amides is 1. The van der Waals surface area contributed by atoms with Crippen molar-refractivity contribution in [2.45, 2.75) is 31.7 Å². The number of hydrogen-bond donors (Lipinski definition) is 0. The summed E-state index contributed by atoms with van der Waals surface area (Å²) in [7, 11) is -3.33. The Morgan fingerprint density at radius 2 is 2.05 bits per heavy atom. The number of sulfonamides is 1. The Labute approximate surface area is 125 Å². The number of rotatable bonds is 4. The molecule has 0 unspecified atom stereocenters. The lowest BCUT2D eigenvalue weighted by Crippen LogP contribution is -2.45. The summed E-state index contributed by atoms with van der Waals surface area (Å²) in [6.07, 6.45) is 4.79.